The van der Waals surface area contributed by atoms with Crippen molar-refractivity contribution in [3.63, 3.8) is 0 Å². The van der Waals surface area contributed by atoms with Crippen molar-refractivity contribution in [2.24, 2.45) is 0 Å². The molecule has 0 aliphatic carbocycles. The smallest absolute Gasteiger partial charge is 0.398 e. The fourth-order valence-corrected chi connectivity index (χ4v) is 2.75. The molecule has 0 aliphatic rings. The lowest BCUT2D eigenvalue weighted by Crippen LogP contribution is -2.12. The first-order valence-electron chi connectivity index (χ1n) is 4.84. The van der Waals surface area contributed by atoms with Gasteiger partial charge in [-0.3, -0.25) is 0 Å². The zero-order valence-electron chi connectivity index (χ0n) is 9.07. The number of pyridine rings is 1. The largest absolute Gasteiger partial charge is 0.433 e. The summed E-state index contributed by atoms with van der Waals surface area (Å²) in [6.45, 7) is 1.30. The second-order valence-electron chi connectivity index (χ2n) is 3.78. The summed E-state index contributed by atoms with van der Waals surface area (Å²) in [7, 11) is 0. The highest BCUT2D eigenvalue weighted by molar-refractivity contribution is 14.1. The molecule has 0 spiro atoms. The summed E-state index contributed by atoms with van der Waals surface area (Å²) in [5.41, 5.74) is 4.82. The molecule has 0 aliphatic heterocycles. The van der Waals surface area contributed by atoms with Crippen molar-refractivity contribution >= 4 is 50.8 Å². The Morgan fingerprint density at radius 2 is 1.94 bits per heavy atom. The van der Waals surface area contributed by atoms with E-state index in [1.165, 1.54) is 6.92 Å². The molecule has 0 radical (unpaired) electrons. The molecule has 0 unspecified atom stereocenters. The van der Waals surface area contributed by atoms with E-state index in [-0.39, 0.29) is 21.8 Å². The molecule has 0 amide bonds. The summed E-state index contributed by atoms with van der Waals surface area (Å²) in [5, 5.41) is 0.603. The Balaban J connectivity index is 2.93. The van der Waals surface area contributed by atoms with Crippen LogP contribution >= 0.6 is 34.2 Å². The normalized spacial score (nSPS) is 12.1. The fourth-order valence-electron chi connectivity index (χ4n) is 1.69. The summed E-state index contributed by atoms with van der Waals surface area (Å²) < 4.78 is 39.2. The van der Waals surface area contributed by atoms with Gasteiger partial charge in [0.05, 0.1) is 10.5 Å². The first-order chi connectivity index (χ1) is 8.21. The maximum atomic E-state index is 12.8. The maximum Gasteiger partial charge on any atom is 0.433 e. The van der Waals surface area contributed by atoms with Crippen molar-refractivity contribution in [3.05, 3.63) is 32.0 Å². The number of hydrogen-bond donors (Lipinski definition) is 1. The molecule has 1 aromatic carbocycles. The molecule has 2 nitrogen and oxygen atoms in total. The van der Waals surface area contributed by atoms with Crippen LogP contribution in [-0.2, 0) is 6.18 Å². The SMILES string of the molecule is Cc1c(C(F)(F)F)nc2c(Cl)cc(I)cc2c1N. The third-order valence-corrected chi connectivity index (χ3v) is 3.48. The van der Waals surface area contributed by atoms with Crippen LogP contribution in [0.1, 0.15) is 11.3 Å². The highest BCUT2D eigenvalue weighted by Crippen LogP contribution is 2.38. The molecule has 0 bridgehead atoms. The van der Waals surface area contributed by atoms with Crippen molar-refractivity contribution in [1.29, 1.82) is 0 Å². The third-order valence-electron chi connectivity index (χ3n) is 2.57. The van der Waals surface area contributed by atoms with Crippen molar-refractivity contribution in [2.75, 3.05) is 5.73 Å². The molecular weight excluding hydrogens is 379 g/mol. The van der Waals surface area contributed by atoms with Crippen LogP contribution in [0.15, 0.2) is 12.1 Å². The number of hydrogen-bond acceptors (Lipinski definition) is 2. The van der Waals surface area contributed by atoms with Crippen LogP contribution < -0.4 is 5.73 Å². The molecule has 18 heavy (non-hydrogen) atoms. The van der Waals surface area contributed by atoms with E-state index in [1.807, 2.05) is 22.6 Å². The fraction of sp³-hybridized carbons (Fsp3) is 0.182. The van der Waals surface area contributed by atoms with Gasteiger partial charge in [-0.1, -0.05) is 11.6 Å². The summed E-state index contributed by atoms with van der Waals surface area (Å²) in [6, 6.07) is 3.21. The molecule has 0 atom stereocenters. The number of alkyl halides is 3. The molecular formula is C11H7ClF3IN2. The number of benzene rings is 1. The van der Waals surface area contributed by atoms with Crippen molar-refractivity contribution in [3.8, 4) is 0 Å². The van der Waals surface area contributed by atoms with Gasteiger partial charge in [0.25, 0.3) is 0 Å². The lowest BCUT2D eigenvalue weighted by atomic mass is 10.1. The molecule has 2 aromatic rings. The van der Waals surface area contributed by atoms with Gasteiger partial charge < -0.3 is 5.73 Å². The number of fused-ring (bicyclic) bond motifs is 1. The molecule has 7 heteroatoms. The van der Waals surface area contributed by atoms with Crippen molar-refractivity contribution < 1.29 is 13.2 Å². The van der Waals surface area contributed by atoms with Gasteiger partial charge in [0.15, 0.2) is 0 Å². The zero-order valence-corrected chi connectivity index (χ0v) is 12.0. The molecule has 2 N–H and O–H groups in total. The predicted molar refractivity (Wildman–Crippen MR) is 73.6 cm³/mol. The minimum Gasteiger partial charge on any atom is -0.398 e. The monoisotopic (exact) mass is 386 g/mol. The van der Waals surface area contributed by atoms with Gasteiger partial charge in [0.1, 0.15) is 5.69 Å². The minimum absolute atomic E-state index is 0.0627. The van der Waals surface area contributed by atoms with E-state index in [0.717, 1.165) is 3.57 Å². The Morgan fingerprint density at radius 1 is 1.33 bits per heavy atom. The third kappa shape index (κ3) is 2.23. The number of halogens is 5. The lowest BCUT2D eigenvalue weighted by Gasteiger charge is -2.14. The van der Waals surface area contributed by atoms with Crippen LogP contribution in [0.3, 0.4) is 0 Å². The molecule has 0 saturated carbocycles. The van der Waals surface area contributed by atoms with Gasteiger partial charge >= 0.3 is 6.18 Å². The standard InChI is InChI=1S/C11H7ClF3IN2/c1-4-8(17)6-2-5(16)3-7(12)9(6)18-10(4)11(13,14)15/h2-3H,1H3,(H2,17,18). The number of nitrogens with zero attached hydrogens (tertiary/aromatic N) is 1. The number of nitrogen functional groups attached to an aromatic ring is 1. The second-order valence-corrected chi connectivity index (χ2v) is 5.43. The molecule has 0 saturated heterocycles. The molecule has 1 aromatic heterocycles. The lowest BCUT2D eigenvalue weighted by molar-refractivity contribution is -0.141. The Bertz CT molecular complexity index is 640. The van der Waals surface area contributed by atoms with E-state index >= 15 is 0 Å². The topological polar surface area (TPSA) is 38.9 Å². The first kappa shape index (κ1) is 13.7. The highest BCUT2D eigenvalue weighted by Gasteiger charge is 2.36. The van der Waals surface area contributed by atoms with Gasteiger partial charge in [-0.05, 0) is 41.6 Å². The Labute approximate surface area is 119 Å². The molecule has 96 valence electrons. The first-order valence-corrected chi connectivity index (χ1v) is 6.29. The summed E-state index contributed by atoms with van der Waals surface area (Å²) in [6.07, 6.45) is -4.54. The van der Waals surface area contributed by atoms with E-state index in [2.05, 4.69) is 4.98 Å². The maximum absolute atomic E-state index is 12.8. The van der Waals surface area contributed by atoms with Crippen LogP contribution in [0.5, 0.6) is 0 Å². The van der Waals surface area contributed by atoms with E-state index < -0.39 is 11.9 Å². The van der Waals surface area contributed by atoms with Crippen molar-refractivity contribution in [2.45, 2.75) is 13.1 Å². The van der Waals surface area contributed by atoms with E-state index in [4.69, 9.17) is 17.3 Å². The van der Waals surface area contributed by atoms with Crippen LogP contribution in [0.4, 0.5) is 18.9 Å². The van der Waals surface area contributed by atoms with Crippen LogP contribution in [0, 0.1) is 10.5 Å². The molecule has 0 fully saturated rings. The Morgan fingerprint density at radius 3 is 2.50 bits per heavy atom. The van der Waals surface area contributed by atoms with Crippen LogP contribution in [0.25, 0.3) is 10.9 Å². The van der Waals surface area contributed by atoms with Gasteiger partial charge in [0.2, 0.25) is 0 Å². The quantitative estimate of drug-likeness (QED) is 0.682. The van der Waals surface area contributed by atoms with E-state index in [0.29, 0.717) is 5.39 Å². The zero-order chi connectivity index (χ0) is 13.7. The summed E-state index contributed by atoms with van der Waals surface area (Å²) in [5.74, 6) is 0. The minimum atomic E-state index is -4.54. The number of anilines is 1. The average Bonchev–Trinajstić information content (AvgIpc) is 2.22. The van der Waals surface area contributed by atoms with Gasteiger partial charge in [-0.25, -0.2) is 4.98 Å². The second kappa shape index (κ2) is 4.41. The summed E-state index contributed by atoms with van der Waals surface area (Å²) in [4.78, 5) is 3.61. The summed E-state index contributed by atoms with van der Waals surface area (Å²) >= 11 is 7.94. The van der Waals surface area contributed by atoms with Crippen LogP contribution in [0.2, 0.25) is 5.02 Å². The van der Waals surface area contributed by atoms with Gasteiger partial charge in [-0.15, -0.1) is 0 Å². The van der Waals surface area contributed by atoms with Gasteiger partial charge in [0, 0.05) is 20.2 Å². The number of nitrogens with two attached hydrogens (primary N) is 1. The number of rotatable bonds is 0. The van der Waals surface area contributed by atoms with E-state index in [1.54, 1.807) is 12.1 Å². The highest BCUT2D eigenvalue weighted by atomic mass is 127. The number of aromatic nitrogens is 1. The Kier molecular flexibility index (Phi) is 3.35. The Hall–Kier alpha value is -0.760. The average molecular weight is 387 g/mol. The molecule has 2 rings (SSSR count). The predicted octanol–water partition coefficient (Wildman–Crippen LogP) is 4.40. The molecule has 1 heterocycles. The van der Waals surface area contributed by atoms with Gasteiger partial charge in [-0.2, -0.15) is 13.2 Å². The van der Waals surface area contributed by atoms with Crippen molar-refractivity contribution in [1.82, 2.24) is 4.98 Å². The van der Waals surface area contributed by atoms with E-state index in [9.17, 15) is 13.2 Å². The van der Waals surface area contributed by atoms with Crippen LogP contribution in [-0.4, -0.2) is 4.98 Å².